The SMILES string of the molecule is CCOCCCn1c(=S)[nH]c2cc(C(=O)N3CC[NH+](C4CCCCC4)CC3)ccc2c1=O. The van der Waals surface area contributed by atoms with E-state index in [1.807, 2.05) is 11.8 Å². The van der Waals surface area contributed by atoms with Gasteiger partial charge in [-0.2, -0.15) is 0 Å². The number of aromatic nitrogens is 2. The molecule has 0 spiro atoms. The van der Waals surface area contributed by atoms with E-state index in [0.717, 1.165) is 38.6 Å². The second kappa shape index (κ2) is 10.7. The Balaban J connectivity index is 1.45. The van der Waals surface area contributed by atoms with Crippen molar-refractivity contribution in [2.24, 2.45) is 0 Å². The highest BCUT2D eigenvalue weighted by Gasteiger charge is 2.30. The van der Waals surface area contributed by atoms with Crippen LogP contribution in [0.25, 0.3) is 10.9 Å². The summed E-state index contributed by atoms with van der Waals surface area (Å²) in [6.45, 7) is 7.35. The Morgan fingerprint density at radius 1 is 1.22 bits per heavy atom. The van der Waals surface area contributed by atoms with E-state index in [9.17, 15) is 9.59 Å². The van der Waals surface area contributed by atoms with Crippen LogP contribution in [-0.4, -0.2) is 65.8 Å². The number of aromatic amines is 1. The zero-order valence-corrected chi connectivity index (χ0v) is 19.8. The first kappa shape index (κ1) is 23.1. The van der Waals surface area contributed by atoms with Gasteiger partial charge in [-0.1, -0.05) is 6.42 Å². The Labute approximate surface area is 194 Å². The van der Waals surface area contributed by atoms with Crippen molar-refractivity contribution in [3.05, 3.63) is 38.9 Å². The number of hydrogen-bond acceptors (Lipinski definition) is 4. The Bertz CT molecular complexity index is 1050. The molecular weight excluding hydrogens is 424 g/mol. The van der Waals surface area contributed by atoms with Crippen LogP contribution >= 0.6 is 12.2 Å². The fraction of sp³-hybridized carbons (Fsp3) is 0.625. The van der Waals surface area contributed by atoms with Crippen molar-refractivity contribution in [1.82, 2.24) is 14.5 Å². The molecule has 0 unspecified atom stereocenters. The van der Waals surface area contributed by atoms with Crippen LogP contribution in [-0.2, 0) is 11.3 Å². The van der Waals surface area contributed by atoms with Crippen molar-refractivity contribution in [2.75, 3.05) is 39.4 Å². The topological polar surface area (TPSA) is 71.8 Å². The Morgan fingerprint density at radius 2 is 1.97 bits per heavy atom. The number of rotatable bonds is 7. The minimum atomic E-state index is -0.121. The van der Waals surface area contributed by atoms with E-state index in [1.165, 1.54) is 32.1 Å². The summed E-state index contributed by atoms with van der Waals surface area (Å²) in [4.78, 5) is 32.8. The summed E-state index contributed by atoms with van der Waals surface area (Å²) < 4.78 is 7.32. The summed E-state index contributed by atoms with van der Waals surface area (Å²) in [6.07, 6.45) is 7.46. The highest BCUT2D eigenvalue weighted by Crippen LogP contribution is 2.16. The van der Waals surface area contributed by atoms with Crippen LogP contribution in [0.2, 0.25) is 0 Å². The quantitative estimate of drug-likeness (QED) is 0.492. The predicted molar refractivity (Wildman–Crippen MR) is 128 cm³/mol. The van der Waals surface area contributed by atoms with Gasteiger partial charge >= 0.3 is 0 Å². The van der Waals surface area contributed by atoms with E-state index in [1.54, 1.807) is 27.7 Å². The number of carbonyl (C=O) groups excluding carboxylic acids is 1. The van der Waals surface area contributed by atoms with E-state index in [2.05, 4.69) is 4.98 Å². The standard InChI is InChI=1S/C24H34N4O3S/c1-2-31-16-6-11-28-23(30)20-10-9-18(17-21(20)25-24(28)32)22(29)27-14-12-26(13-15-27)19-7-4-3-5-8-19/h9-10,17,19H,2-8,11-16H2,1H3,(H,25,32)/p+1. The lowest BCUT2D eigenvalue weighted by molar-refractivity contribution is -0.930. The predicted octanol–water partition coefficient (Wildman–Crippen LogP) is 2.16. The van der Waals surface area contributed by atoms with Gasteiger partial charge < -0.3 is 19.5 Å². The number of H-pyrrole nitrogens is 1. The first-order valence-electron chi connectivity index (χ1n) is 12.1. The molecule has 1 aliphatic carbocycles. The molecule has 8 heteroatoms. The van der Waals surface area contributed by atoms with Gasteiger partial charge in [0.05, 0.1) is 43.1 Å². The zero-order chi connectivity index (χ0) is 22.5. The van der Waals surface area contributed by atoms with Gasteiger partial charge in [0.25, 0.3) is 11.5 Å². The number of amides is 1. The molecule has 2 heterocycles. The molecule has 2 aromatic rings. The minimum Gasteiger partial charge on any atom is -0.382 e. The highest BCUT2D eigenvalue weighted by molar-refractivity contribution is 7.71. The average Bonchev–Trinajstić information content (AvgIpc) is 2.83. The maximum atomic E-state index is 13.1. The number of nitrogens with one attached hydrogen (secondary N) is 2. The van der Waals surface area contributed by atoms with Crippen LogP contribution < -0.4 is 10.5 Å². The summed E-state index contributed by atoms with van der Waals surface area (Å²) >= 11 is 5.42. The fourth-order valence-corrected chi connectivity index (χ4v) is 5.44. The minimum absolute atomic E-state index is 0.0369. The fourth-order valence-electron chi connectivity index (χ4n) is 5.16. The molecule has 2 fully saturated rings. The second-order valence-electron chi connectivity index (χ2n) is 8.98. The molecule has 1 aliphatic heterocycles. The molecular formula is C24H35N4O3S+. The number of benzene rings is 1. The number of hydrogen-bond donors (Lipinski definition) is 2. The van der Waals surface area contributed by atoms with Crippen LogP contribution in [0.15, 0.2) is 23.0 Å². The van der Waals surface area contributed by atoms with Crippen molar-refractivity contribution in [3.8, 4) is 0 Å². The van der Waals surface area contributed by atoms with E-state index >= 15 is 0 Å². The van der Waals surface area contributed by atoms with Crippen molar-refractivity contribution >= 4 is 29.0 Å². The number of fused-ring (bicyclic) bond motifs is 1. The number of carbonyl (C=O) groups is 1. The van der Waals surface area contributed by atoms with Gasteiger partial charge in [0.1, 0.15) is 0 Å². The lowest BCUT2D eigenvalue weighted by Gasteiger charge is -2.38. The Kier molecular flexibility index (Phi) is 7.75. The molecule has 2 N–H and O–H groups in total. The van der Waals surface area contributed by atoms with Crippen LogP contribution in [0.3, 0.4) is 0 Å². The molecule has 1 aromatic carbocycles. The average molecular weight is 460 g/mol. The van der Waals surface area contributed by atoms with E-state index in [-0.39, 0.29) is 11.5 Å². The summed E-state index contributed by atoms with van der Waals surface area (Å²) in [5.74, 6) is 0.0369. The van der Waals surface area contributed by atoms with Gasteiger partial charge in [-0.05, 0) is 69.4 Å². The maximum absolute atomic E-state index is 13.1. The molecule has 0 bridgehead atoms. The van der Waals surface area contributed by atoms with Gasteiger partial charge in [-0.25, -0.2) is 0 Å². The highest BCUT2D eigenvalue weighted by atomic mass is 32.1. The van der Waals surface area contributed by atoms with Gasteiger partial charge in [0, 0.05) is 25.3 Å². The van der Waals surface area contributed by atoms with E-state index in [0.29, 0.717) is 41.0 Å². The van der Waals surface area contributed by atoms with Gasteiger partial charge in [-0.3, -0.25) is 14.2 Å². The molecule has 1 amide bonds. The monoisotopic (exact) mass is 459 g/mol. The first-order valence-corrected chi connectivity index (χ1v) is 12.5. The first-order chi connectivity index (χ1) is 15.6. The molecule has 1 aromatic heterocycles. The third-order valence-corrected chi connectivity index (χ3v) is 7.30. The molecule has 0 radical (unpaired) electrons. The smallest absolute Gasteiger partial charge is 0.262 e. The van der Waals surface area contributed by atoms with Crippen LogP contribution in [0.1, 0.15) is 55.8 Å². The van der Waals surface area contributed by atoms with Crippen molar-refractivity contribution in [1.29, 1.82) is 0 Å². The van der Waals surface area contributed by atoms with Crippen molar-refractivity contribution < 1.29 is 14.4 Å². The summed E-state index contributed by atoms with van der Waals surface area (Å²) in [6, 6.07) is 6.07. The summed E-state index contributed by atoms with van der Waals surface area (Å²) in [5, 5.41) is 0.554. The third kappa shape index (κ3) is 5.13. The van der Waals surface area contributed by atoms with Crippen LogP contribution in [0, 0.1) is 4.77 Å². The molecule has 4 rings (SSSR count). The van der Waals surface area contributed by atoms with Crippen LogP contribution in [0.5, 0.6) is 0 Å². The second-order valence-corrected chi connectivity index (χ2v) is 9.37. The molecule has 7 nitrogen and oxygen atoms in total. The number of piperazine rings is 1. The third-order valence-electron chi connectivity index (χ3n) is 6.98. The molecule has 32 heavy (non-hydrogen) atoms. The largest absolute Gasteiger partial charge is 0.382 e. The molecule has 1 saturated heterocycles. The number of quaternary nitrogens is 1. The zero-order valence-electron chi connectivity index (χ0n) is 19.0. The maximum Gasteiger partial charge on any atom is 0.262 e. The lowest BCUT2D eigenvalue weighted by Crippen LogP contribution is -3.18. The van der Waals surface area contributed by atoms with Gasteiger partial charge in [0.2, 0.25) is 0 Å². The van der Waals surface area contributed by atoms with E-state index < -0.39 is 0 Å². The van der Waals surface area contributed by atoms with Crippen molar-refractivity contribution in [3.63, 3.8) is 0 Å². The van der Waals surface area contributed by atoms with Crippen LogP contribution in [0.4, 0.5) is 0 Å². The summed E-state index contributed by atoms with van der Waals surface area (Å²) in [7, 11) is 0. The number of nitrogens with zero attached hydrogens (tertiary/aromatic N) is 2. The molecule has 174 valence electrons. The van der Waals surface area contributed by atoms with Crippen molar-refractivity contribution in [2.45, 2.75) is 58.0 Å². The van der Waals surface area contributed by atoms with Gasteiger partial charge in [0.15, 0.2) is 4.77 Å². The van der Waals surface area contributed by atoms with E-state index in [4.69, 9.17) is 17.0 Å². The Hall–Kier alpha value is -2.03. The lowest BCUT2D eigenvalue weighted by atomic mass is 9.94. The molecule has 0 atom stereocenters. The molecule has 1 saturated carbocycles. The summed E-state index contributed by atoms with van der Waals surface area (Å²) in [5.41, 5.74) is 1.11. The normalized spacial score (nSPS) is 18.3. The Morgan fingerprint density at radius 3 is 2.69 bits per heavy atom. The molecule has 2 aliphatic rings. The number of ether oxygens (including phenoxy) is 1. The van der Waals surface area contributed by atoms with Gasteiger partial charge in [-0.15, -0.1) is 0 Å².